The van der Waals surface area contributed by atoms with Gasteiger partial charge in [0.1, 0.15) is 5.75 Å². The van der Waals surface area contributed by atoms with Crippen molar-refractivity contribution in [3.05, 3.63) is 30.0 Å². The number of hydrogen-bond acceptors (Lipinski definition) is 3. The van der Waals surface area contributed by atoms with Gasteiger partial charge in [-0.3, -0.25) is 4.79 Å². The van der Waals surface area contributed by atoms with Crippen LogP contribution < -0.4 is 10.1 Å². The number of benzene rings is 1. The van der Waals surface area contributed by atoms with Crippen molar-refractivity contribution in [2.24, 2.45) is 5.92 Å². The largest absolute Gasteiger partial charge is 0.497 e. The number of H-pyrrole nitrogens is 1. The summed E-state index contributed by atoms with van der Waals surface area (Å²) in [6.07, 6.45) is 6.00. The summed E-state index contributed by atoms with van der Waals surface area (Å²) in [6.45, 7) is 2.12. The van der Waals surface area contributed by atoms with E-state index in [-0.39, 0.29) is 17.2 Å². The minimum Gasteiger partial charge on any atom is -0.497 e. The number of aromatic amines is 1. The highest BCUT2D eigenvalue weighted by Crippen LogP contribution is 2.50. The van der Waals surface area contributed by atoms with Gasteiger partial charge in [-0.15, -0.1) is 0 Å². The second kappa shape index (κ2) is 6.13. The van der Waals surface area contributed by atoms with E-state index in [1.54, 1.807) is 7.11 Å². The van der Waals surface area contributed by atoms with Crippen LogP contribution >= 0.6 is 0 Å². The zero-order chi connectivity index (χ0) is 16.6. The normalized spacial score (nSPS) is 20.0. The highest BCUT2D eigenvalue weighted by Gasteiger charge is 2.46. The number of rotatable bonds is 5. The Labute approximate surface area is 141 Å². The number of carbonyl (C=O) groups excluding carboxylic acids is 1. The second-order valence-corrected chi connectivity index (χ2v) is 7.00. The van der Waals surface area contributed by atoms with Crippen LogP contribution in [0.3, 0.4) is 0 Å². The van der Waals surface area contributed by atoms with Crippen molar-refractivity contribution in [2.45, 2.75) is 31.1 Å². The lowest BCUT2D eigenvalue weighted by Crippen LogP contribution is -2.38. The first-order valence-corrected chi connectivity index (χ1v) is 8.73. The fourth-order valence-corrected chi connectivity index (χ4v) is 3.72. The minimum absolute atomic E-state index is 0.0748. The molecule has 5 nitrogen and oxygen atoms in total. The summed E-state index contributed by atoms with van der Waals surface area (Å²) in [5.74, 6) is 1.16. The molecule has 4 rings (SSSR count). The van der Waals surface area contributed by atoms with Gasteiger partial charge < -0.3 is 19.8 Å². The average molecular weight is 328 g/mol. The molecule has 128 valence electrons. The lowest BCUT2D eigenvalue weighted by molar-refractivity contribution is -0.127. The van der Waals surface area contributed by atoms with E-state index in [0.717, 1.165) is 36.9 Å². The molecule has 5 heteroatoms. The van der Waals surface area contributed by atoms with Crippen molar-refractivity contribution in [3.63, 3.8) is 0 Å². The van der Waals surface area contributed by atoms with E-state index < -0.39 is 0 Å². The number of hydrogen-bond donors (Lipinski definition) is 2. The maximum Gasteiger partial charge on any atom is 0.223 e. The van der Waals surface area contributed by atoms with Crippen LogP contribution in [0.15, 0.2) is 24.4 Å². The number of carbonyl (C=O) groups is 1. The third-order valence-corrected chi connectivity index (χ3v) is 5.51. The third-order valence-electron chi connectivity index (χ3n) is 5.51. The minimum atomic E-state index is 0.0748. The average Bonchev–Trinajstić information content (AvgIpc) is 3.30. The van der Waals surface area contributed by atoms with Gasteiger partial charge in [0, 0.05) is 48.2 Å². The van der Waals surface area contributed by atoms with E-state index in [4.69, 9.17) is 9.47 Å². The lowest BCUT2D eigenvalue weighted by atomic mass is 9.94. The van der Waals surface area contributed by atoms with Gasteiger partial charge in [0.2, 0.25) is 5.91 Å². The van der Waals surface area contributed by atoms with Gasteiger partial charge in [0.05, 0.1) is 7.11 Å². The number of fused-ring (bicyclic) bond motifs is 1. The number of amides is 1. The summed E-state index contributed by atoms with van der Waals surface area (Å²) < 4.78 is 10.7. The van der Waals surface area contributed by atoms with Crippen LogP contribution in [0.1, 0.15) is 31.2 Å². The van der Waals surface area contributed by atoms with Gasteiger partial charge in [-0.2, -0.15) is 0 Å². The molecule has 2 aliphatic rings. The van der Waals surface area contributed by atoms with Crippen LogP contribution in [0.25, 0.3) is 10.9 Å². The first-order chi connectivity index (χ1) is 11.7. The number of aromatic nitrogens is 1. The van der Waals surface area contributed by atoms with Gasteiger partial charge in [0.15, 0.2) is 0 Å². The first-order valence-electron chi connectivity index (χ1n) is 8.73. The first kappa shape index (κ1) is 15.5. The monoisotopic (exact) mass is 328 g/mol. The second-order valence-electron chi connectivity index (χ2n) is 7.00. The molecule has 2 aromatic rings. The molecule has 2 heterocycles. The molecule has 0 atom stereocenters. The molecule has 1 saturated carbocycles. The van der Waals surface area contributed by atoms with E-state index in [2.05, 4.69) is 22.6 Å². The molecule has 1 aromatic carbocycles. The Bertz CT molecular complexity index is 742. The summed E-state index contributed by atoms with van der Waals surface area (Å²) in [7, 11) is 1.69. The predicted molar refractivity (Wildman–Crippen MR) is 92.3 cm³/mol. The number of methoxy groups -OCH3 is 1. The molecular formula is C19H24N2O3. The van der Waals surface area contributed by atoms with Crippen molar-refractivity contribution in [2.75, 3.05) is 26.9 Å². The van der Waals surface area contributed by atoms with Gasteiger partial charge >= 0.3 is 0 Å². The van der Waals surface area contributed by atoms with E-state index in [1.807, 2.05) is 12.1 Å². The molecule has 24 heavy (non-hydrogen) atoms. The highest BCUT2D eigenvalue weighted by molar-refractivity contribution is 5.86. The summed E-state index contributed by atoms with van der Waals surface area (Å²) in [5, 5.41) is 4.40. The van der Waals surface area contributed by atoms with Crippen LogP contribution in [0.4, 0.5) is 0 Å². The van der Waals surface area contributed by atoms with Crippen LogP contribution in [-0.2, 0) is 14.9 Å². The third kappa shape index (κ3) is 2.77. The van der Waals surface area contributed by atoms with E-state index in [1.165, 1.54) is 10.9 Å². The Kier molecular flexibility index (Phi) is 3.96. The smallest absolute Gasteiger partial charge is 0.223 e. The SMILES string of the molecule is COc1ccc2[nH]cc(C3(CNC(=O)C4CCOCC4)CC3)c2c1. The van der Waals surface area contributed by atoms with Gasteiger partial charge in [-0.05, 0) is 49.4 Å². The van der Waals surface area contributed by atoms with Crippen molar-refractivity contribution >= 4 is 16.8 Å². The Balaban J connectivity index is 1.50. The quantitative estimate of drug-likeness (QED) is 0.887. The van der Waals surface area contributed by atoms with Gasteiger partial charge in [0.25, 0.3) is 0 Å². The van der Waals surface area contributed by atoms with E-state index in [9.17, 15) is 4.79 Å². The number of nitrogens with one attached hydrogen (secondary N) is 2. The summed E-state index contributed by atoms with van der Waals surface area (Å²) in [4.78, 5) is 15.8. The molecule has 1 amide bonds. The molecular weight excluding hydrogens is 304 g/mol. The van der Waals surface area contributed by atoms with Crippen LogP contribution in [0, 0.1) is 5.92 Å². The Morgan fingerprint density at radius 1 is 1.38 bits per heavy atom. The Hall–Kier alpha value is -2.01. The van der Waals surface area contributed by atoms with E-state index >= 15 is 0 Å². The maximum absolute atomic E-state index is 12.4. The molecule has 2 fully saturated rings. The maximum atomic E-state index is 12.4. The molecule has 1 aliphatic carbocycles. The molecule has 0 radical (unpaired) electrons. The zero-order valence-electron chi connectivity index (χ0n) is 14.1. The Morgan fingerprint density at radius 3 is 2.88 bits per heavy atom. The van der Waals surface area contributed by atoms with Crippen molar-refractivity contribution < 1.29 is 14.3 Å². The van der Waals surface area contributed by atoms with Gasteiger partial charge in [-0.25, -0.2) is 0 Å². The Morgan fingerprint density at radius 2 is 2.17 bits per heavy atom. The predicted octanol–water partition coefficient (Wildman–Crippen LogP) is 2.75. The van der Waals surface area contributed by atoms with Crippen LogP contribution in [0.2, 0.25) is 0 Å². The zero-order valence-corrected chi connectivity index (χ0v) is 14.1. The molecule has 1 aliphatic heterocycles. The molecule has 2 N–H and O–H groups in total. The van der Waals surface area contributed by atoms with Crippen molar-refractivity contribution in [1.29, 1.82) is 0 Å². The van der Waals surface area contributed by atoms with Crippen LogP contribution in [-0.4, -0.2) is 37.8 Å². The molecule has 1 aromatic heterocycles. The van der Waals surface area contributed by atoms with Gasteiger partial charge in [-0.1, -0.05) is 0 Å². The molecule has 1 saturated heterocycles. The standard InChI is InChI=1S/C19H24N2O3/c1-23-14-2-3-17-15(10-14)16(11-20-17)19(6-7-19)12-21-18(22)13-4-8-24-9-5-13/h2-3,10-11,13,20H,4-9,12H2,1H3,(H,21,22). The molecule has 0 unspecified atom stereocenters. The fourth-order valence-electron chi connectivity index (χ4n) is 3.72. The molecule has 0 bridgehead atoms. The van der Waals surface area contributed by atoms with Crippen molar-refractivity contribution in [1.82, 2.24) is 10.3 Å². The summed E-state index contributed by atoms with van der Waals surface area (Å²) >= 11 is 0. The van der Waals surface area contributed by atoms with Crippen LogP contribution in [0.5, 0.6) is 5.75 Å². The topological polar surface area (TPSA) is 63.3 Å². The molecule has 0 spiro atoms. The highest BCUT2D eigenvalue weighted by atomic mass is 16.5. The summed E-state index contributed by atoms with van der Waals surface area (Å²) in [6, 6.07) is 6.10. The fraction of sp³-hybridized carbons (Fsp3) is 0.526. The number of ether oxygens (including phenoxy) is 2. The summed E-state index contributed by atoms with van der Waals surface area (Å²) in [5.41, 5.74) is 2.49. The van der Waals surface area contributed by atoms with E-state index in [0.29, 0.717) is 19.8 Å². The lowest BCUT2D eigenvalue weighted by Gasteiger charge is -2.23. The van der Waals surface area contributed by atoms with Crippen molar-refractivity contribution in [3.8, 4) is 5.75 Å².